The molecule has 0 bridgehead atoms. The van der Waals surface area contributed by atoms with Gasteiger partial charge in [-0.15, -0.1) is 0 Å². The van der Waals surface area contributed by atoms with Gasteiger partial charge < -0.3 is 9.47 Å². The fraction of sp³-hybridized carbons (Fsp3) is 0.300. The highest BCUT2D eigenvalue weighted by atomic mass is 16.6. The van der Waals surface area contributed by atoms with E-state index in [9.17, 15) is 0 Å². The molecule has 1 aromatic rings. The van der Waals surface area contributed by atoms with E-state index < -0.39 is 0 Å². The lowest BCUT2D eigenvalue weighted by Crippen LogP contribution is -1.91. The predicted octanol–water partition coefficient (Wildman–Crippen LogP) is 1.66. The van der Waals surface area contributed by atoms with Crippen LogP contribution in [0.1, 0.15) is 11.7 Å². The number of para-hydroxylation sites is 1. The molecule has 2 atom stereocenters. The van der Waals surface area contributed by atoms with Crippen LogP contribution < -0.4 is 4.74 Å². The van der Waals surface area contributed by atoms with Gasteiger partial charge in [0.05, 0.1) is 13.2 Å². The van der Waals surface area contributed by atoms with Crippen LogP contribution in [0.3, 0.4) is 0 Å². The third kappa shape index (κ3) is 1.36. The molecule has 3 heteroatoms. The molecule has 1 heterocycles. The minimum atomic E-state index is -0.295. The van der Waals surface area contributed by atoms with E-state index >= 15 is 0 Å². The third-order valence-corrected chi connectivity index (χ3v) is 2.06. The number of methoxy groups -OCH3 is 1. The van der Waals surface area contributed by atoms with Crippen molar-refractivity contribution in [3.63, 3.8) is 0 Å². The molecule has 66 valence electrons. The van der Waals surface area contributed by atoms with Crippen LogP contribution in [0.4, 0.5) is 0 Å². The Hall–Kier alpha value is -1.53. The Morgan fingerprint density at radius 1 is 1.46 bits per heavy atom. The number of hydrogen-bond donors (Lipinski definition) is 0. The van der Waals surface area contributed by atoms with Gasteiger partial charge >= 0.3 is 0 Å². The van der Waals surface area contributed by atoms with E-state index in [2.05, 4.69) is 6.07 Å². The van der Waals surface area contributed by atoms with Crippen molar-refractivity contribution in [3.8, 4) is 11.8 Å². The zero-order valence-corrected chi connectivity index (χ0v) is 7.23. The third-order valence-electron chi connectivity index (χ3n) is 2.06. The van der Waals surface area contributed by atoms with Crippen LogP contribution >= 0.6 is 0 Å². The van der Waals surface area contributed by atoms with E-state index in [1.165, 1.54) is 0 Å². The zero-order chi connectivity index (χ0) is 9.26. The van der Waals surface area contributed by atoms with Crippen LogP contribution in [0.2, 0.25) is 0 Å². The summed E-state index contributed by atoms with van der Waals surface area (Å²) in [5.74, 6) is 0.783. The highest BCUT2D eigenvalue weighted by molar-refractivity contribution is 5.38. The van der Waals surface area contributed by atoms with Crippen molar-refractivity contribution in [2.75, 3.05) is 7.11 Å². The van der Waals surface area contributed by atoms with Gasteiger partial charge in [0.25, 0.3) is 0 Å². The Morgan fingerprint density at radius 3 is 2.85 bits per heavy atom. The van der Waals surface area contributed by atoms with Gasteiger partial charge in [-0.25, -0.2) is 0 Å². The Kier molecular flexibility index (Phi) is 1.91. The first-order chi connectivity index (χ1) is 6.36. The lowest BCUT2D eigenvalue weighted by atomic mass is 10.1. The summed E-state index contributed by atoms with van der Waals surface area (Å²) in [6.07, 6.45) is -0.391. The van der Waals surface area contributed by atoms with Crippen LogP contribution in [0, 0.1) is 11.3 Å². The molecule has 1 aliphatic rings. The van der Waals surface area contributed by atoms with Crippen LogP contribution in [0.25, 0.3) is 0 Å². The normalized spacial score (nSPS) is 24.9. The second kappa shape index (κ2) is 3.08. The molecule has 0 saturated carbocycles. The van der Waals surface area contributed by atoms with Gasteiger partial charge in [-0.1, -0.05) is 18.2 Å². The second-order valence-corrected chi connectivity index (χ2v) is 2.85. The summed E-state index contributed by atoms with van der Waals surface area (Å²) in [6.45, 7) is 0. The van der Waals surface area contributed by atoms with Crippen LogP contribution in [-0.4, -0.2) is 13.2 Å². The largest absolute Gasteiger partial charge is 0.496 e. The molecule has 1 aliphatic heterocycles. The maximum absolute atomic E-state index is 8.59. The van der Waals surface area contributed by atoms with Crippen molar-refractivity contribution in [2.24, 2.45) is 0 Å². The van der Waals surface area contributed by atoms with Gasteiger partial charge in [0.2, 0.25) is 0 Å². The Bertz CT molecular complexity index is 356. The van der Waals surface area contributed by atoms with E-state index in [1.807, 2.05) is 24.3 Å². The van der Waals surface area contributed by atoms with Crippen molar-refractivity contribution in [1.29, 1.82) is 5.26 Å². The van der Waals surface area contributed by atoms with Crippen molar-refractivity contribution in [3.05, 3.63) is 29.8 Å². The molecule has 0 unspecified atom stereocenters. The average Bonchev–Trinajstić information content (AvgIpc) is 2.96. The second-order valence-electron chi connectivity index (χ2n) is 2.85. The highest BCUT2D eigenvalue weighted by Crippen LogP contribution is 2.42. The maximum atomic E-state index is 8.59. The Labute approximate surface area is 76.5 Å². The van der Waals surface area contributed by atoms with Gasteiger partial charge in [-0.05, 0) is 6.07 Å². The SMILES string of the molecule is COc1ccccc1[C@@H]1O[C@H]1C#N. The van der Waals surface area contributed by atoms with Gasteiger partial charge in [0, 0.05) is 5.56 Å². The van der Waals surface area contributed by atoms with E-state index in [-0.39, 0.29) is 12.2 Å². The topological polar surface area (TPSA) is 45.5 Å². The van der Waals surface area contributed by atoms with E-state index in [4.69, 9.17) is 14.7 Å². The van der Waals surface area contributed by atoms with Crippen molar-refractivity contribution < 1.29 is 9.47 Å². The highest BCUT2D eigenvalue weighted by Gasteiger charge is 2.42. The molecular weight excluding hydrogens is 166 g/mol. The predicted molar refractivity (Wildman–Crippen MR) is 46.2 cm³/mol. The lowest BCUT2D eigenvalue weighted by Gasteiger charge is -2.03. The number of ether oxygens (including phenoxy) is 2. The number of nitriles is 1. The van der Waals surface area contributed by atoms with Crippen LogP contribution in [0.15, 0.2) is 24.3 Å². The van der Waals surface area contributed by atoms with E-state index in [0.717, 1.165) is 11.3 Å². The fourth-order valence-corrected chi connectivity index (χ4v) is 1.35. The minimum absolute atomic E-state index is 0.0962. The smallest absolute Gasteiger partial charge is 0.175 e. The number of hydrogen-bond acceptors (Lipinski definition) is 3. The quantitative estimate of drug-likeness (QED) is 0.642. The van der Waals surface area contributed by atoms with Crippen LogP contribution in [0.5, 0.6) is 5.75 Å². The van der Waals surface area contributed by atoms with E-state index in [1.54, 1.807) is 7.11 Å². The van der Waals surface area contributed by atoms with Gasteiger partial charge in [-0.2, -0.15) is 5.26 Å². The molecule has 13 heavy (non-hydrogen) atoms. The number of epoxide rings is 1. The molecule has 3 nitrogen and oxygen atoms in total. The minimum Gasteiger partial charge on any atom is -0.496 e. The monoisotopic (exact) mass is 175 g/mol. The summed E-state index contributed by atoms with van der Waals surface area (Å²) in [6, 6.07) is 9.65. The summed E-state index contributed by atoms with van der Waals surface area (Å²) >= 11 is 0. The Balaban J connectivity index is 2.26. The molecule has 2 rings (SSSR count). The number of nitrogens with zero attached hydrogens (tertiary/aromatic N) is 1. The van der Waals surface area contributed by atoms with Crippen molar-refractivity contribution in [1.82, 2.24) is 0 Å². The number of rotatable bonds is 2. The molecule has 0 aromatic heterocycles. The van der Waals surface area contributed by atoms with E-state index in [0.29, 0.717) is 0 Å². The fourth-order valence-electron chi connectivity index (χ4n) is 1.35. The summed E-state index contributed by atoms with van der Waals surface area (Å²) in [7, 11) is 1.61. The maximum Gasteiger partial charge on any atom is 0.175 e. The summed E-state index contributed by atoms with van der Waals surface area (Å²) in [5.41, 5.74) is 0.955. The Morgan fingerprint density at radius 2 is 2.23 bits per heavy atom. The first-order valence-electron chi connectivity index (χ1n) is 4.05. The van der Waals surface area contributed by atoms with Crippen LogP contribution in [-0.2, 0) is 4.74 Å². The molecule has 0 radical (unpaired) electrons. The molecule has 0 spiro atoms. The first kappa shape index (κ1) is 8.09. The lowest BCUT2D eigenvalue weighted by molar-refractivity contribution is 0.375. The summed E-state index contributed by atoms with van der Waals surface area (Å²) < 4.78 is 10.3. The molecule has 0 N–H and O–H groups in total. The molecule has 0 aliphatic carbocycles. The van der Waals surface area contributed by atoms with Crippen molar-refractivity contribution in [2.45, 2.75) is 12.2 Å². The first-order valence-corrected chi connectivity index (χ1v) is 4.05. The summed E-state index contributed by atoms with van der Waals surface area (Å²) in [5, 5.41) is 8.59. The van der Waals surface area contributed by atoms with Crippen molar-refractivity contribution >= 4 is 0 Å². The molecule has 1 aromatic carbocycles. The molecule has 0 amide bonds. The van der Waals surface area contributed by atoms with Gasteiger partial charge in [0.1, 0.15) is 11.9 Å². The van der Waals surface area contributed by atoms with Gasteiger partial charge in [0.15, 0.2) is 6.10 Å². The zero-order valence-electron chi connectivity index (χ0n) is 7.23. The molecule has 1 saturated heterocycles. The number of benzene rings is 1. The average molecular weight is 175 g/mol. The molecular formula is C10H9NO2. The molecule has 1 fully saturated rings. The summed E-state index contributed by atoms with van der Waals surface area (Å²) in [4.78, 5) is 0. The van der Waals surface area contributed by atoms with Gasteiger partial charge in [-0.3, -0.25) is 0 Å². The standard InChI is InChI=1S/C10H9NO2/c1-12-8-5-3-2-4-7(8)10-9(6-11)13-10/h2-5,9-10H,1H3/t9-,10-/m0/s1.